The third-order valence-electron chi connectivity index (χ3n) is 1.55. The summed E-state index contributed by atoms with van der Waals surface area (Å²) in [4.78, 5) is 10.3. The van der Waals surface area contributed by atoms with Crippen molar-refractivity contribution in [3.63, 3.8) is 0 Å². The van der Waals surface area contributed by atoms with Gasteiger partial charge in [0, 0.05) is 6.54 Å². The first-order valence-corrected chi connectivity index (χ1v) is 5.63. The van der Waals surface area contributed by atoms with Crippen LogP contribution >= 0.6 is 0 Å². The van der Waals surface area contributed by atoms with Gasteiger partial charge in [-0.1, -0.05) is 12.2 Å². The summed E-state index contributed by atoms with van der Waals surface area (Å²) < 4.78 is 30.1. The van der Waals surface area contributed by atoms with Crippen molar-refractivity contribution < 1.29 is 17.6 Å². The first-order chi connectivity index (χ1) is 6.95. The van der Waals surface area contributed by atoms with Crippen molar-refractivity contribution in [1.82, 2.24) is 4.72 Å². The summed E-state index contributed by atoms with van der Waals surface area (Å²) in [6, 6.07) is 2.52. The minimum absolute atomic E-state index is 0.0225. The maximum atomic E-state index is 11.5. The Morgan fingerprint density at radius 3 is 2.73 bits per heavy atom. The Bertz CT molecular complexity index is 472. The quantitative estimate of drug-likeness (QED) is 0.602. The average molecular weight is 229 g/mol. The fourth-order valence-electron chi connectivity index (χ4n) is 0.831. The molecule has 1 aromatic heterocycles. The molecule has 0 fully saturated rings. The van der Waals surface area contributed by atoms with Crippen molar-refractivity contribution in [2.45, 2.75) is 12.0 Å². The molecule has 0 bridgehead atoms. The molecule has 6 heteroatoms. The van der Waals surface area contributed by atoms with Gasteiger partial charge < -0.3 is 4.42 Å². The molecule has 0 atom stereocenters. The van der Waals surface area contributed by atoms with Crippen molar-refractivity contribution in [2.24, 2.45) is 0 Å². The minimum Gasteiger partial charge on any atom is -0.440 e. The summed E-state index contributed by atoms with van der Waals surface area (Å²) in [6.07, 6.45) is 0.442. The number of sulfonamides is 1. The van der Waals surface area contributed by atoms with Gasteiger partial charge in [0.25, 0.3) is 10.0 Å². The molecule has 0 unspecified atom stereocenters. The zero-order chi connectivity index (χ0) is 11.5. The van der Waals surface area contributed by atoms with Crippen LogP contribution in [0.2, 0.25) is 0 Å². The van der Waals surface area contributed by atoms with Gasteiger partial charge in [0.2, 0.25) is 5.09 Å². The van der Waals surface area contributed by atoms with Gasteiger partial charge in [-0.2, -0.15) is 0 Å². The van der Waals surface area contributed by atoms with Gasteiger partial charge in [-0.15, -0.1) is 0 Å². The first-order valence-electron chi connectivity index (χ1n) is 4.15. The second-order valence-electron chi connectivity index (χ2n) is 3.06. The van der Waals surface area contributed by atoms with Crippen molar-refractivity contribution in [1.29, 1.82) is 0 Å². The summed E-state index contributed by atoms with van der Waals surface area (Å²) >= 11 is 0. The Kier molecular flexibility index (Phi) is 3.43. The molecule has 0 saturated heterocycles. The Labute approximate surface area is 87.8 Å². The molecule has 0 aliphatic rings. The molecule has 0 aliphatic carbocycles. The Hall–Kier alpha value is -1.40. The van der Waals surface area contributed by atoms with E-state index in [9.17, 15) is 13.2 Å². The van der Waals surface area contributed by atoms with Gasteiger partial charge in [0.1, 0.15) is 0 Å². The molecule has 0 spiro atoms. The number of hydrogen-bond acceptors (Lipinski definition) is 4. The lowest BCUT2D eigenvalue weighted by Gasteiger charge is -2.02. The highest BCUT2D eigenvalue weighted by molar-refractivity contribution is 7.89. The molecule has 5 nitrogen and oxygen atoms in total. The number of carbonyl (C=O) groups excluding carboxylic acids is 1. The fourth-order valence-corrected chi connectivity index (χ4v) is 1.86. The van der Waals surface area contributed by atoms with E-state index in [1.165, 1.54) is 12.1 Å². The maximum absolute atomic E-state index is 11.5. The molecule has 0 aromatic carbocycles. The normalized spacial score (nSPS) is 11.3. The molecular formula is C9H11NO4S. The Morgan fingerprint density at radius 2 is 2.27 bits per heavy atom. The largest absolute Gasteiger partial charge is 0.440 e. The molecule has 1 heterocycles. The van der Waals surface area contributed by atoms with Gasteiger partial charge in [-0.05, 0) is 19.1 Å². The number of aldehydes is 1. The average Bonchev–Trinajstić information content (AvgIpc) is 2.63. The second-order valence-corrected chi connectivity index (χ2v) is 4.75. The van der Waals surface area contributed by atoms with Crippen LogP contribution in [0.4, 0.5) is 0 Å². The molecule has 1 aromatic rings. The van der Waals surface area contributed by atoms with E-state index < -0.39 is 10.0 Å². The summed E-state index contributed by atoms with van der Waals surface area (Å²) in [6.45, 7) is 5.39. The van der Waals surface area contributed by atoms with Gasteiger partial charge in [0.15, 0.2) is 12.0 Å². The van der Waals surface area contributed by atoms with Crippen molar-refractivity contribution in [3.8, 4) is 0 Å². The number of rotatable bonds is 5. The number of hydrogen-bond donors (Lipinski definition) is 1. The monoisotopic (exact) mass is 229 g/mol. The van der Waals surface area contributed by atoms with Crippen LogP contribution in [0.5, 0.6) is 0 Å². The van der Waals surface area contributed by atoms with Gasteiger partial charge >= 0.3 is 0 Å². The molecule has 82 valence electrons. The van der Waals surface area contributed by atoms with E-state index in [1.54, 1.807) is 6.92 Å². The maximum Gasteiger partial charge on any atom is 0.274 e. The van der Waals surface area contributed by atoms with Crippen LogP contribution in [0.3, 0.4) is 0 Å². The van der Waals surface area contributed by atoms with E-state index in [1.807, 2.05) is 0 Å². The molecule has 0 radical (unpaired) electrons. The van der Waals surface area contributed by atoms with E-state index in [4.69, 9.17) is 4.42 Å². The highest BCUT2D eigenvalue weighted by Gasteiger charge is 2.17. The summed E-state index contributed by atoms with van der Waals surface area (Å²) in [7, 11) is -3.68. The third-order valence-corrected chi connectivity index (χ3v) is 2.82. The molecule has 0 aliphatic heterocycles. The standard InChI is InChI=1S/C9H11NO4S/c1-7(2)5-10-15(12,13)9-4-3-8(6-11)14-9/h3-4,6,10H,1,5H2,2H3. The zero-order valence-corrected chi connectivity index (χ0v) is 9.00. The van der Waals surface area contributed by atoms with Gasteiger partial charge in [-0.3, -0.25) is 4.79 Å². The Balaban J connectivity index is 2.86. The predicted octanol–water partition coefficient (Wildman–Crippen LogP) is 0.947. The minimum atomic E-state index is -3.68. The predicted molar refractivity (Wildman–Crippen MR) is 54.1 cm³/mol. The highest BCUT2D eigenvalue weighted by atomic mass is 32.2. The molecule has 15 heavy (non-hydrogen) atoms. The lowest BCUT2D eigenvalue weighted by atomic mass is 10.4. The van der Waals surface area contributed by atoms with Crippen LogP contribution in [-0.4, -0.2) is 21.2 Å². The summed E-state index contributed by atoms with van der Waals surface area (Å²) in [5.74, 6) is -0.0225. The van der Waals surface area contributed by atoms with E-state index >= 15 is 0 Å². The third kappa shape index (κ3) is 3.03. The van der Waals surface area contributed by atoms with E-state index in [0.29, 0.717) is 11.9 Å². The van der Waals surface area contributed by atoms with Gasteiger partial charge in [0.05, 0.1) is 0 Å². The van der Waals surface area contributed by atoms with Crippen LogP contribution in [0.15, 0.2) is 33.8 Å². The number of nitrogens with one attached hydrogen (secondary N) is 1. The van der Waals surface area contributed by atoms with Crippen molar-refractivity contribution in [2.75, 3.05) is 6.54 Å². The molecule has 1 rings (SSSR count). The molecule has 0 saturated carbocycles. The van der Waals surface area contributed by atoms with Gasteiger partial charge in [-0.25, -0.2) is 13.1 Å². The van der Waals surface area contributed by atoms with Crippen LogP contribution in [0, 0.1) is 0 Å². The van der Waals surface area contributed by atoms with E-state index in [0.717, 1.165) is 0 Å². The second kappa shape index (κ2) is 4.41. The zero-order valence-electron chi connectivity index (χ0n) is 8.19. The molecule has 0 amide bonds. The molecule has 1 N–H and O–H groups in total. The first kappa shape index (κ1) is 11.7. The highest BCUT2D eigenvalue weighted by Crippen LogP contribution is 2.12. The lowest BCUT2D eigenvalue weighted by molar-refractivity contribution is 0.109. The smallest absolute Gasteiger partial charge is 0.274 e. The van der Waals surface area contributed by atoms with Crippen LogP contribution in [0.1, 0.15) is 17.5 Å². The Morgan fingerprint density at radius 1 is 1.60 bits per heavy atom. The van der Waals surface area contributed by atoms with Crippen molar-refractivity contribution >= 4 is 16.3 Å². The lowest BCUT2D eigenvalue weighted by Crippen LogP contribution is -2.24. The fraction of sp³-hybridized carbons (Fsp3) is 0.222. The number of furan rings is 1. The summed E-state index contributed by atoms with van der Waals surface area (Å²) in [5.41, 5.74) is 0.681. The SMILES string of the molecule is C=C(C)CNS(=O)(=O)c1ccc(C=O)o1. The van der Waals surface area contributed by atoms with Crippen LogP contribution < -0.4 is 4.72 Å². The topological polar surface area (TPSA) is 76.4 Å². The van der Waals surface area contributed by atoms with Crippen LogP contribution in [0.25, 0.3) is 0 Å². The van der Waals surface area contributed by atoms with Crippen molar-refractivity contribution in [3.05, 3.63) is 30.0 Å². The summed E-state index contributed by atoms with van der Waals surface area (Å²) in [5, 5.41) is -0.272. The number of carbonyl (C=O) groups is 1. The van der Waals surface area contributed by atoms with Crippen LogP contribution in [-0.2, 0) is 10.0 Å². The molecular weight excluding hydrogens is 218 g/mol. The van der Waals surface area contributed by atoms with E-state index in [2.05, 4.69) is 11.3 Å². The van der Waals surface area contributed by atoms with E-state index in [-0.39, 0.29) is 17.4 Å².